The van der Waals surface area contributed by atoms with Gasteiger partial charge in [0.05, 0.1) is 19.3 Å². The molecule has 0 bridgehead atoms. The van der Waals surface area contributed by atoms with E-state index in [1.807, 2.05) is 24.3 Å². The number of aliphatic hydroxyl groups is 1. The number of aliphatic hydroxyl groups excluding tert-OH is 1. The molecule has 2 rings (SSSR count). The minimum atomic E-state index is -0.0376. The summed E-state index contributed by atoms with van der Waals surface area (Å²) in [6, 6.07) is 7.88. The van der Waals surface area contributed by atoms with Gasteiger partial charge in [0.25, 0.3) is 0 Å². The summed E-state index contributed by atoms with van der Waals surface area (Å²) in [7, 11) is 1.59. The Labute approximate surface area is 125 Å². The average Bonchev–Trinajstić information content (AvgIpc) is 2.43. The first-order chi connectivity index (χ1) is 10.2. The van der Waals surface area contributed by atoms with Crippen molar-refractivity contribution in [3.05, 3.63) is 24.3 Å². The van der Waals surface area contributed by atoms with Crippen LogP contribution < -0.4 is 10.1 Å². The predicted molar refractivity (Wildman–Crippen MR) is 82.5 cm³/mol. The van der Waals surface area contributed by atoms with Crippen molar-refractivity contribution in [3.63, 3.8) is 0 Å². The molecular weight excluding hydrogens is 268 g/mol. The van der Waals surface area contributed by atoms with E-state index in [4.69, 9.17) is 9.84 Å². The predicted octanol–water partition coefficient (Wildman–Crippen LogP) is 1.87. The normalized spacial score (nSPS) is 14.8. The topological polar surface area (TPSA) is 61.8 Å². The van der Waals surface area contributed by atoms with Gasteiger partial charge in [0.1, 0.15) is 5.75 Å². The Balaban J connectivity index is 1.91. The molecule has 0 spiro atoms. The molecule has 1 aliphatic rings. The summed E-state index contributed by atoms with van der Waals surface area (Å²) in [6.07, 6.45) is 4.23. The summed E-state index contributed by atoms with van der Waals surface area (Å²) in [6.45, 7) is 1.29. The van der Waals surface area contributed by atoms with E-state index in [0.717, 1.165) is 19.4 Å². The lowest BCUT2D eigenvalue weighted by Gasteiger charge is -2.37. The number of nitrogens with one attached hydrogen (secondary N) is 1. The van der Waals surface area contributed by atoms with Crippen molar-refractivity contribution in [2.24, 2.45) is 0 Å². The molecule has 0 heterocycles. The number of nitrogens with zero attached hydrogens (tertiary/aromatic N) is 1. The third-order valence-corrected chi connectivity index (χ3v) is 3.92. The van der Waals surface area contributed by atoms with Gasteiger partial charge in [-0.25, -0.2) is 0 Å². The molecule has 1 aromatic carbocycles. The summed E-state index contributed by atoms with van der Waals surface area (Å²) >= 11 is 0. The molecule has 21 heavy (non-hydrogen) atoms. The molecule has 116 valence electrons. The van der Waals surface area contributed by atoms with Crippen LogP contribution in [0.15, 0.2) is 24.3 Å². The maximum atomic E-state index is 12.2. The zero-order valence-corrected chi connectivity index (χ0v) is 12.5. The number of anilines is 1. The molecule has 0 atom stereocenters. The molecule has 0 radical (unpaired) electrons. The third kappa shape index (κ3) is 4.44. The van der Waals surface area contributed by atoms with Crippen LogP contribution in [0.3, 0.4) is 0 Å². The zero-order valence-electron chi connectivity index (χ0n) is 12.5. The Morgan fingerprint density at radius 3 is 2.81 bits per heavy atom. The van der Waals surface area contributed by atoms with E-state index in [2.05, 4.69) is 10.2 Å². The van der Waals surface area contributed by atoms with Crippen LogP contribution in [0.5, 0.6) is 5.75 Å². The Kier molecular flexibility index (Phi) is 6.02. The Morgan fingerprint density at radius 1 is 1.43 bits per heavy atom. The molecule has 1 fully saturated rings. The summed E-state index contributed by atoms with van der Waals surface area (Å²) in [5.74, 6) is 0.626. The number of hydrogen-bond donors (Lipinski definition) is 2. The molecule has 1 aromatic rings. The van der Waals surface area contributed by atoms with E-state index in [1.165, 1.54) is 6.42 Å². The fourth-order valence-electron chi connectivity index (χ4n) is 2.54. The minimum Gasteiger partial charge on any atom is -0.495 e. The highest BCUT2D eigenvalue weighted by Crippen LogP contribution is 2.26. The lowest BCUT2D eigenvalue weighted by atomic mass is 9.91. The number of ether oxygens (including phenoxy) is 1. The van der Waals surface area contributed by atoms with E-state index in [1.54, 1.807) is 7.11 Å². The first-order valence-corrected chi connectivity index (χ1v) is 7.52. The summed E-state index contributed by atoms with van der Waals surface area (Å²) in [5, 5.41) is 11.9. The number of para-hydroxylation sites is 2. The van der Waals surface area contributed by atoms with Gasteiger partial charge in [0.15, 0.2) is 0 Å². The van der Waals surface area contributed by atoms with Gasteiger partial charge >= 0.3 is 0 Å². The molecule has 0 aliphatic heterocycles. The maximum Gasteiger partial charge on any atom is 0.238 e. The molecule has 5 heteroatoms. The molecular formula is C16H24N2O3. The average molecular weight is 292 g/mol. The largest absolute Gasteiger partial charge is 0.495 e. The number of hydrogen-bond acceptors (Lipinski definition) is 4. The van der Waals surface area contributed by atoms with Crippen molar-refractivity contribution in [3.8, 4) is 5.75 Å². The molecule has 1 aliphatic carbocycles. The van der Waals surface area contributed by atoms with Crippen molar-refractivity contribution in [1.29, 1.82) is 0 Å². The van der Waals surface area contributed by atoms with Crippen LogP contribution in [0.2, 0.25) is 0 Å². The van der Waals surface area contributed by atoms with Crippen LogP contribution in [-0.2, 0) is 4.79 Å². The summed E-state index contributed by atoms with van der Waals surface area (Å²) in [4.78, 5) is 14.4. The van der Waals surface area contributed by atoms with Crippen LogP contribution in [0.4, 0.5) is 5.69 Å². The molecule has 1 amide bonds. The number of methoxy groups -OCH3 is 1. The number of rotatable bonds is 8. The van der Waals surface area contributed by atoms with Crippen molar-refractivity contribution in [1.82, 2.24) is 4.90 Å². The van der Waals surface area contributed by atoms with Gasteiger partial charge in [-0.3, -0.25) is 9.69 Å². The summed E-state index contributed by atoms with van der Waals surface area (Å²) < 4.78 is 5.23. The first kappa shape index (κ1) is 15.8. The molecule has 2 N–H and O–H groups in total. The number of benzene rings is 1. The van der Waals surface area contributed by atoms with Gasteiger partial charge in [0.2, 0.25) is 5.91 Å². The van der Waals surface area contributed by atoms with Crippen LogP contribution in [0.1, 0.15) is 25.7 Å². The van der Waals surface area contributed by atoms with Gasteiger partial charge < -0.3 is 15.2 Å². The summed E-state index contributed by atoms with van der Waals surface area (Å²) in [5.41, 5.74) is 0.695. The standard InChI is InChI=1S/C16H24N2O3/c1-21-15-9-3-2-8-14(15)17-16(20)12-18(10-5-11-19)13-6-4-7-13/h2-3,8-9,13,19H,4-7,10-12H2,1H3,(H,17,20). The monoisotopic (exact) mass is 292 g/mol. The van der Waals surface area contributed by atoms with Crippen molar-refractivity contribution >= 4 is 11.6 Å². The fraction of sp³-hybridized carbons (Fsp3) is 0.562. The Morgan fingerprint density at radius 2 is 2.19 bits per heavy atom. The SMILES string of the molecule is COc1ccccc1NC(=O)CN(CCCO)C1CCC1. The highest BCUT2D eigenvalue weighted by Gasteiger charge is 2.26. The van der Waals surface area contributed by atoms with E-state index < -0.39 is 0 Å². The Bertz CT molecular complexity index is 461. The first-order valence-electron chi connectivity index (χ1n) is 7.52. The van der Waals surface area contributed by atoms with E-state index in [-0.39, 0.29) is 12.5 Å². The van der Waals surface area contributed by atoms with Gasteiger partial charge in [0, 0.05) is 19.2 Å². The highest BCUT2D eigenvalue weighted by molar-refractivity contribution is 5.93. The minimum absolute atomic E-state index is 0.0376. The maximum absolute atomic E-state index is 12.2. The number of carbonyl (C=O) groups excluding carboxylic acids is 1. The van der Waals surface area contributed by atoms with E-state index in [9.17, 15) is 4.79 Å². The highest BCUT2D eigenvalue weighted by atomic mass is 16.5. The molecule has 0 aromatic heterocycles. The molecule has 0 unspecified atom stereocenters. The van der Waals surface area contributed by atoms with Gasteiger partial charge in [-0.15, -0.1) is 0 Å². The van der Waals surface area contributed by atoms with Crippen molar-refractivity contribution in [2.45, 2.75) is 31.7 Å². The zero-order chi connectivity index (χ0) is 15.1. The van der Waals surface area contributed by atoms with Crippen molar-refractivity contribution in [2.75, 3.05) is 32.1 Å². The van der Waals surface area contributed by atoms with E-state index >= 15 is 0 Å². The second-order valence-electron chi connectivity index (χ2n) is 5.38. The molecule has 0 saturated heterocycles. The van der Waals surface area contributed by atoms with Crippen LogP contribution in [0, 0.1) is 0 Å². The van der Waals surface area contributed by atoms with Gasteiger partial charge in [-0.05, 0) is 31.4 Å². The lowest BCUT2D eigenvalue weighted by Crippen LogP contribution is -2.45. The second-order valence-corrected chi connectivity index (χ2v) is 5.38. The van der Waals surface area contributed by atoms with Crippen LogP contribution in [-0.4, -0.2) is 48.8 Å². The fourth-order valence-corrected chi connectivity index (χ4v) is 2.54. The smallest absolute Gasteiger partial charge is 0.238 e. The lowest BCUT2D eigenvalue weighted by molar-refractivity contribution is -0.118. The second kappa shape index (κ2) is 8.00. The molecule has 1 saturated carbocycles. The van der Waals surface area contributed by atoms with Gasteiger partial charge in [-0.2, -0.15) is 0 Å². The number of carbonyl (C=O) groups is 1. The quantitative estimate of drug-likeness (QED) is 0.768. The third-order valence-electron chi connectivity index (χ3n) is 3.92. The van der Waals surface area contributed by atoms with E-state index in [0.29, 0.717) is 30.4 Å². The van der Waals surface area contributed by atoms with Crippen LogP contribution >= 0.6 is 0 Å². The number of amides is 1. The van der Waals surface area contributed by atoms with Crippen molar-refractivity contribution < 1.29 is 14.6 Å². The van der Waals surface area contributed by atoms with Crippen LogP contribution in [0.25, 0.3) is 0 Å². The Hall–Kier alpha value is -1.59. The molecule has 5 nitrogen and oxygen atoms in total. The van der Waals surface area contributed by atoms with Gasteiger partial charge in [-0.1, -0.05) is 18.6 Å².